The van der Waals surface area contributed by atoms with E-state index in [9.17, 15) is 9.59 Å². The number of amides is 1. The van der Waals surface area contributed by atoms with Crippen molar-refractivity contribution in [3.8, 4) is 0 Å². The highest BCUT2D eigenvalue weighted by atomic mass is 16.6. The summed E-state index contributed by atoms with van der Waals surface area (Å²) in [5.74, 6) is -0.434. The van der Waals surface area contributed by atoms with Crippen LogP contribution in [0, 0.1) is 0 Å². The molecule has 128 valence electrons. The smallest absolute Gasteiger partial charge is 0.411 e. The molecular formula is C18H21NO5. The van der Waals surface area contributed by atoms with Crippen molar-refractivity contribution in [1.82, 2.24) is 4.90 Å². The van der Waals surface area contributed by atoms with Crippen LogP contribution in [-0.2, 0) is 25.4 Å². The van der Waals surface area contributed by atoms with Gasteiger partial charge >= 0.3 is 12.1 Å². The average molecular weight is 331 g/mol. The molecule has 0 bridgehead atoms. The van der Waals surface area contributed by atoms with Gasteiger partial charge in [0.15, 0.2) is 0 Å². The first kappa shape index (κ1) is 16.5. The molecular weight excluding hydrogens is 310 g/mol. The molecule has 6 heteroatoms. The molecule has 6 nitrogen and oxygen atoms in total. The normalized spacial score (nSPS) is 26.3. The van der Waals surface area contributed by atoms with Gasteiger partial charge in [-0.1, -0.05) is 30.3 Å². The van der Waals surface area contributed by atoms with Gasteiger partial charge in [0.2, 0.25) is 0 Å². The molecule has 0 unspecified atom stereocenters. The molecule has 1 aromatic carbocycles. The van der Waals surface area contributed by atoms with E-state index in [1.807, 2.05) is 30.3 Å². The second-order valence-electron chi connectivity index (χ2n) is 5.97. The van der Waals surface area contributed by atoms with Crippen LogP contribution in [0.1, 0.15) is 12.5 Å². The Bertz CT molecular complexity index is 630. The van der Waals surface area contributed by atoms with E-state index in [0.717, 1.165) is 5.56 Å². The lowest BCUT2D eigenvalue weighted by molar-refractivity contribution is -0.137. The minimum Gasteiger partial charge on any atom is -0.463 e. The number of hydrogen-bond donors (Lipinski definition) is 0. The third-order valence-corrected chi connectivity index (χ3v) is 4.28. The van der Waals surface area contributed by atoms with Crippen molar-refractivity contribution < 1.29 is 23.8 Å². The molecule has 2 atom stereocenters. The Kier molecular flexibility index (Phi) is 4.85. The van der Waals surface area contributed by atoms with Crippen LogP contribution >= 0.6 is 0 Å². The summed E-state index contributed by atoms with van der Waals surface area (Å²) >= 11 is 0. The largest absolute Gasteiger partial charge is 0.463 e. The van der Waals surface area contributed by atoms with Gasteiger partial charge < -0.3 is 14.2 Å². The number of carbonyl (C=O) groups is 2. The van der Waals surface area contributed by atoms with Crippen LogP contribution in [0.15, 0.2) is 42.5 Å². The summed E-state index contributed by atoms with van der Waals surface area (Å²) < 4.78 is 15.9. The zero-order valence-corrected chi connectivity index (χ0v) is 13.6. The fraction of sp³-hybridized carbons (Fsp3) is 0.444. The molecule has 24 heavy (non-hydrogen) atoms. The minimum atomic E-state index is -0.748. The summed E-state index contributed by atoms with van der Waals surface area (Å²) in [7, 11) is 0. The number of esters is 1. The van der Waals surface area contributed by atoms with Crippen LogP contribution in [0.5, 0.6) is 0 Å². The Balaban J connectivity index is 1.81. The van der Waals surface area contributed by atoms with E-state index in [0.29, 0.717) is 26.2 Å². The van der Waals surface area contributed by atoms with Gasteiger partial charge in [0, 0.05) is 6.08 Å². The van der Waals surface area contributed by atoms with Crippen LogP contribution in [0.25, 0.3) is 0 Å². The van der Waals surface area contributed by atoms with E-state index in [4.69, 9.17) is 14.2 Å². The molecule has 0 N–H and O–H groups in total. The van der Waals surface area contributed by atoms with Crippen LogP contribution in [0.2, 0.25) is 0 Å². The van der Waals surface area contributed by atoms with Crippen molar-refractivity contribution in [3.05, 3.63) is 48.0 Å². The summed E-state index contributed by atoms with van der Waals surface area (Å²) in [6.45, 7) is 2.98. The van der Waals surface area contributed by atoms with Crippen molar-refractivity contribution in [2.75, 3.05) is 26.4 Å². The molecule has 0 saturated carbocycles. The number of hydrogen-bond acceptors (Lipinski definition) is 5. The Morgan fingerprint density at radius 1 is 1.38 bits per heavy atom. The maximum Gasteiger partial charge on any atom is 0.411 e. The number of nitrogens with zero attached hydrogens (tertiary/aromatic N) is 1. The molecule has 0 spiro atoms. The third-order valence-electron chi connectivity index (χ3n) is 4.28. The molecule has 1 amide bonds. The van der Waals surface area contributed by atoms with Crippen LogP contribution < -0.4 is 0 Å². The van der Waals surface area contributed by atoms with E-state index >= 15 is 0 Å². The third kappa shape index (κ3) is 3.28. The molecule has 2 heterocycles. The number of ether oxygens (including phenoxy) is 3. The Morgan fingerprint density at radius 2 is 2.17 bits per heavy atom. The summed E-state index contributed by atoms with van der Waals surface area (Å²) in [5.41, 5.74) is 0.373. The second-order valence-corrected chi connectivity index (χ2v) is 5.97. The molecule has 3 rings (SSSR count). The molecule has 2 aliphatic rings. The minimum absolute atomic E-state index is 0.136. The molecule has 1 aromatic rings. The van der Waals surface area contributed by atoms with Gasteiger partial charge in [0.1, 0.15) is 12.1 Å². The van der Waals surface area contributed by atoms with Crippen LogP contribution in [0.3, 0.4) is 0 Å². The van der Waals surface area contributed by atoms with E-state index in [1.54, 1.807) is 17.9 Å². The van der Waals surface area contributed by atoms with Crippen molar-refractivity contribution in [1.29, 1.82) is 0 Å². The molecule has 2 aliphatic heterocycles. The van der Waals surface area contributed by atoms with Crippen LogP contribution in [0.4, 0.5) is 4.79 Å². The molecule has 0 aromatic heterocycles. The first-order valence-corrected chi connectivity index (χ1v) is 8.08. The second kappa shape index (κ2) is 7.05. The fourth-order valence-corrected chi connectivity index (χ4v) is 3.20. The highest BCUT2D eigenvalue weighted by molar-refractivity contribution is 5.82. The highest BCUT2D eigenvalue weighted by Gasteiger charge is 2.52. The van der Waals surface area contributed by atoms with E-state index in [1.165, 1.54) is 6.08 Å². The molecule has 0 aliphatic carbocycles. The first-order chi connectivity index (χ1) is 11.6. The zero-order valence-electron chi connectivity index (χ0n) is 13.6. The van der Waals surface area contributed by atoms with Gasteiger partial charge in [-0.15, -0.1) is 0 Å². The van der Waals surface area contributed by atoms with Gasteiger partial charge in [-0.05, 0) is 25.0 Å². The predicted molar refractivity (Wildman–Crippen MR) is 86.4 cm³/mol. The van der Waals surface area contributed by atoms with Gasteiger partial charge in [0.25, 0.3) is 0 Å². The van der Waals surface area contributed by atoms with E-state index in [-0.39, 0.29) is 18.7 Å². The topological polar surface area (TPSA) is 65.1 Å². The number of fused-ring (bicyclic) bond motifs is 1. The number of cyclic esters (lactones) is 1. The standard InChI is InChI=1S/C18H21NO5/c1-2-23-16(20)8-9-18-12-22-11-15(19(18)17(21)24-13-18)10-14-6-4-3-5-7-14/h3-9,15H,2,10-13H2,1H3/b9-8+/t15-,18+/m0/s1. The summed E-state index contributed by atoms with van der Waals surface area (Å²) in [5, 5.41) is 0. The van der Waals surface area contributed by atoms with Gasteiger partial charge in [-0.25, -0.2) is 9.59 Å². The lowest BCUT2D eigenvalue weighted by atomic mass is 9.93. The highest BCUT2D eigenvalue weighted by Crippen LogP contribution is 2.33. The van der Waals surface area contributed by atoms with Crippen molar-refractivity contribution in [2.24, 2.45) is 0 Å². The SMILES string of the molecule is CCOC(=O)/C=C/[C@]12COC[C@H](Cc3ccccc3)N1C(=O)OC2. The average Bonchev–Trinajstić information content (AvgIpc) is 2.93. The number of carbonyl (C=O) groups excluding carboxylic acids is 2. The van der Waals surface area contributed by atoms with Gasteiger partial charge in [-0.2, -0.15) is 0 Å². The lowest BCUT2D eigenvalue weighted by Crippen LogP contribution is -2.60. The number of rotatable bonds is 5. The Hall–Kier alpha value is -2.34. The molecule has 0 radical (unpaired) electrons. The zero-order chi connectivity index (χ0) is 17.0. The maximum absolute atomic E-state index is 12.3. The lowest BCUT2D eigenvalue weighted by Gasteiger charge is -2.42. The summed E-state index contributed by atoms with van der Waals surface area (Å²) in [4.78, 5) is 25.6. The van der Waals surface area contributed by atoms with Crippen molar-refractivity contribution >= 4 is 12.1 Å². The van der Waals surface area contributed by atoms with Crippen LogP contribution in [-0.4, -0.2) is 55.0 Å². The number of benzene rings is 1. The van der Waals surface area contributed by atoms with Crippen molar-refractivity contribution in [3.63, 3.8) is 0 Å². The van der Waals surface area contributed by atoms with Gasteiger partial charge in [-0.3, -0.25) is 4.90 Å². The number of morpholine rings is 1. The maximum atomic E-state index is 12.3. The molecule has 2 fully saturated rings. The Morgan fingerprint density at radius 3 is 2.92 bits per heavy atom. The summed E-state index contributed by atoms with van der Waals surface area (Å²) in [6.07, 6.45) is 3.33. The van der Waals surface area contributed by atoms with E-state index in [2.05, 4.69) is 0 Å². The molecule has 2 saturated heterocycles. The Labute approximate surface area is 141 Å². The van der Waals surface area contributed by atoms with Crippen molar-refractivity contribution in [2.45, 2.75) is 24.9 Å². The predicted octanol–water partition coefficient (Wildman–Crippen LogP) is 1.94. The quantitative estimate of drug-likeness (QED) is 0.609. The van der Waals surface area contributed by atoms with Gasteiger partial charge in [0.05, 0.1) is 25.9 Å². The first-order valence-electron chi connectivity index (χ1n) is 8.08. The van der Waals surface area contributed by atoms with E-state index < -0.39 is 11.5 Å². The monoisotopic (exact) mass is 331 g/mol. The fourth-order valence-electron chi connectivity index (χ4n) is 3.20. The summed E-state index contributed by atoms with van der Waals surface area (Å²) in [6, 6.07) is 9.79.